The number of aliphatic hydroxyl groups excluding tert-OH is 2. The number of hydrogen-bond acceptors (Lipinski definition) is 5. The largest absolute Gasteiger partial charge is 0.466 e. The number of nitrogens with one attached hydrogen (secondary N) is 1. The number of unbranched alkanes of at least 4 members (excludes halogenated alkanes) is 55. The fourth-order valence-corrected chi connectivity index (χ4v) is 11.8. The van der Waals surface area contributed by atoms with E-state index in [1.165, 1.54) is 340 Å². The first-order valence-electron chi connectivity index (χ1n) is 37.1. The van der Waals surface area contributed by atoms with Crippen LogP contribution in [0.15, 0.2) is 24.3 Å². The van der Waals surface area contributed by atoms with Crippen LogP contribution in [0.5, 0.6) is 0 Å². The number of ether oxygens (including phenoxy) is 1. The molecule has 0 aromatic rings. The molecule has 6 nitrogen and oxygen atoms in total. The standard InChI is InChI=1S/C75H145NO5/c1-3-5-7-9-11-13-15-17-18-19-20-21-22-26-29-32-35-38-41-44-47-51-55-59-63-67-73(78)72(71-77)76-74(79)68-64-60-56-52-48-45-42-39-36-33-30-27-24-23-25-28-31-34-37-40-43-46-50-54-58-62-66-70-81-75(80)69-65-61-57-53-49-16-14-12-10-8-6-4-2/h12,14,23-24,72-73,77-78H,3-11,13,15-22,25-71H2,1-2H3,(H,76,79)/b14-12-,24-23-. The second-order valence-corrected chi connectivity index (χ2v) is 25.6. The first-order valence-corrected chi connectivity index (χ1v) is 37.1. The van der Waals surface area contributed by atoms with Gasteiger partial charge in [0.05, 0.1) is 25.4 Å². The van der Waals surface area contributed by atoms with Crippen LogP contribution in [0.25, 0.3) is 0 Å². The van der Waals surface area contributed by atoms with E-state index < -0.39 is 12.1 Å². The lowest BCUT2D eigenvalue weighted by molar-refractivity contribution is -0.143. The van der Waals surface area contributed by atoms with Gasteiger partial charge in [0.2, 0.25) is 5.91 Å². The van der Waals surface area contributed by atoms with Gasteiger partial charge in [-0.1, -0.05) is 353 Å². The van der Waals surface area contributed by atoms with Gasteiger partial charge in [-0.3, -0.25) is 9.59 Å². The summed E-state index contributed by atoms with van der Waals surface area (Å²) >= 11 is 0. The fraction of sp³-hybridized carbons (Fsp3) is 0.920. The van der Waals surface area contributed by atoms with E-state index in [0.717, 1.165) is 44.9 Å². The molecule has 0 spiro atoms. The molecule has 0 saturated heterocycles. The molecule has 6 heteroatoms. The number of rotatable bonds is 70. The summed E-state index contributed by atoms with van der Waals surface area (Å²) in [5.74, 6) is -0.0247. The number of allylic oxidation sites excluding steroid dienone is 4. The van der Waals surface area contributed by atoms with E-state index in [-0.39, 0.29) is 18.5 Å². The maximum atomic E-state index is 12.6. The van der Waals surface area contributed by atoms with Crippen molar-refractivity contribution in [1.29, 1.82) is 0 Å². The molecule has 0 saturated carbocycles. The average Bonchev–Trinajstić information content (AvgIpc) is 3.47. The summed E-state index contributed by atoms with van der Waals surface area (Å²) in [6, 6.07) is -0.544. The predicted octanol–water partition coefficient (Wildman–Crippen LogP) is 24.1. The predicted molar refractivity (Wildman–Crippen MR) is 356 cm³/mol. The van der Waals surface area contributed by atoms with E-state index >= 15 is 0 Å². The Labute approximate surface area is 507 Å². The average molecular weight is 1140 g/mol. The highest BCUT2D eigenvalue weighted by atomic mass is 16.5. The molecule has 0 heterocycles. The first-order chi connectivity index (χ1) is 40.0. The zero-order valence-corrected chi connectivity index (χ0v) is 55.0. The van der Waals surface area contributed by atoms with Gasteiger partial charge >= 0.3 is 5.97 Å². The highest BCUT2D eigenvalue weighted by molar-refractivity contribution is 5.76. The third kappa shape index (κ3) is 67.3. The minimum atomic E-state index is -0.666. The topological polar surface area (TPSA) is 95.9 Å². The minimum absolute atomic E-state index is 0.00585. The van der Waals surface area contributed by atoms with Crippen molar-refractivity contribution in [2.75, 3.05) is 13.2 Å². The molecule has 0 aromatic heterocycles. The van der Waals surface area contributed by atoms with Gasteiger partial charge in [0.1, 0.15) is 0 Å². The van der Waals surface area contributed by atoms with E-state index in [4.69, 9.17) is 4.74 Å². The Balaban J connectivity index is 3.39. The highest BCUT2D eigenvalue weighted by Gasteiger charge is 2.20. The molecular weight excluding hydrogens is 995 g/mol. The van der Waals surface area contributed by atoms with Crippen molar-refractivity contribution in [2.45, 2.75) is 431 Å². The van der Waals surface area contributed by atoms with Crippen molar-refractivity contribution in [3.05, 3.63) is 24.3 Å². The molecule has 1 amide bonds. The van der Waals surface area contributed by atoms with Gasteiger partial charge in [-0.2, -0.15) is 0 Å². The number of esters is 1. The molecule has 0 aromatic carbocycles. The van der Waals surface area contributed by atoms with Crippen molar-refractivity contribution in [1.82, 2.24) is 5.32 Å². The summed E-state index contributed by atoms with van der Waals surface area (Å²) in [6.45, 7) is 4.97. The lowest BCUT2D eigenvalue weighted by atomic mass is 10.0. The second kappa shape index (κ2) is 70.8. The monoisotopic (exact) mass is 1140 g/mol. The maximum absolute atomic E-state index is 12.6. The van der Waals surface area contributed by atoms with Crippen molar-refractivity contribution in [3.63, 3.8) is 0 Å². The van der Waals surface area contributed by atoms with E-state index in [1.54, 1.807) is 0 Å². The van der Waals surface area contributed by atoms with Crippen molar-refractivity contribution in [3.8, 4) is 0 Å². The number of hydrogen-bond donors (Lipinski definition) is 3. The zero-order chi connectivity index (χ0) is 58.5. The van der Waals surface area contributed by atoms with Crippen LogP contribution in [-0.4, -0.2) is 47.4 Å². The molecule has 0 fully saturated rings. The number of carbonyl (C=O) groups is 2. The summed E-state index contributed by atoms with van der Waals surface area (Å²) in [7, 11) is 0. The number of carbonyl (C=O) groups excluding carboxylic acids is 2. The molecule has 0 radical (unpaired) electrons. The lowest BCUT2D eigenvalue weighted by Gasteiger charge is -2.22. The smallest absolute Gasteiger partial charge is 0.305 e. The van der Waals surface area contributed by atoms with Crippen molar-refractivity contribution in [2.24, 2.45) is 0 Å². The van der Waals surface area contributed by atoms with Crippen LogP contribution in [0, 0.1) is 0 Å². The molecule has 0 aliphatic rings. The molecule has 480 valence electrons. The van der Waals surface area contributed by atoms with Crippen LogP contribution >= 0.6 is 0 Å². The molecule has 0 aliphatic heterocycles. The van der Waals surface area contributed by atoms with E-state index in [1.807, 2.05) is 0 Å². The fourth-order valence-electron chi connectivity index (χ4n) is 11.8. The van der Waals surface area contributed by atoms with E-state index in [0.29, 0.717) is 25.9 Å². The van der Waals surface area contributed by atoms with Gasteiger partial charge in [0.25, 0.3) is 0 Å². The normalized spacial score (nSPS) is 12.6. The Morgan fingerprint density at radius 1 is 0.333 bits per heavy atom. The molecule has 2 atom stereocenters. The Morgan fingerprint density at radius 3 is 0.901 bits per heavy atom. The Bertz CT molecular complexity index is 1270. The van der Waals surface area contributed by atoms with Crippen LogP contribution in [0.3, 0.4) is 0 Å². The van der Waals surface area contributed by atoms with Crippen LogP contribution in [0.1, 0.15) is 418 Å². The third-order valence-electron chi connectivity index (χ3n) is 17.5. The Kier molecular flexibility index (Phi) is 69.4. The minimum Gasteiger partial charge on any atom is -0.466 e. The molecule has 0 bridgehead atoms. The quantitative estimate of drug-likeness (QED) is 0.0320. The zero-order valence-electron chi connectivity index (χ0n) is 55.0. The van der Waals surface area contributed by atoms with Crippen molar-refractivity contribution >= 4 is 11.9 Å². The van der Waals surface area contributed by atoms with Gasteiger partial charge in [-0.05, 0) is 77.0 Å². The SMILES string of the molecule is CCCCC/C=C\CCCCCCCC(=O)OCCCCCCCCCCCCCC/C=C\CCCCCCCCCCCCCC(=O)NC(CO)C(O)CCCCCCCCCCCCCCCCCCCCCCCCCCC. The van der Waals surface area contributed by atoms with Gasteiger partial charge in [-0.15, -0.1) is 0 Å². The van der Waals surface area contributed by atoms with E-state index in [2.05, 4.69) is 43.5 Å². The molecule has 3 N–H and O–H groups in total. The molecule has 81 heavy (non-hydrogen) atoms. The number of aliphatic hydroxyl groups is 2. The van der Waals surface area contributed by atoms with Crippen LogP contribution in [0.4, 0.5) is 0 Å². The molecule has 2 unspecified atom stereocenters. The van der Waals surface area contributed by atoms with Crippen LogP contribution in [0.2, 0.25) is 0 Å². The summed E-state index contributed by atoms with van der Waals surface area (Å²) in [6.07, 6.45) is 89.6. The lowest BCUT2D eigenvalue weighted by Crippen LogP contribution is -2.45. The van der Waals surface area contributed by atoms with Crippen molar-refractivity contribution < 1.29 is 24.5 Å². The van der Waals surface area contributed by atoms with Crippen LogP contribution in [-0.2, 0) is 14.3 Å². The summed E-state index contributed by atoms with van der Waals surface area (Å²) in [5.41, 5.74) is 0. The second-order valence-electron chi connectivity index (χ2n) is 25.6. The molecule has 0 aliphatic carbocycles. The van der Waals surface area contributed by atoms with Gasteiger partial charge < -0.3 is 20.3 Å². The third-order valence-corrected chi connectivity index (χ3v) is 17.5. The van der Waals surface area contributed by atoms with Gasteiger partial charge in [0.15, 0.2) is 0 Å². The maximum Gasteiger partial charge on any atom is 0.305 e. The Morgan fingerprint density at radius 2 is 0.580 bits per heavy atom. The summed E-state index contributed by atoms with van der Waals surface area (Å²) in [5, 5.41) is 23.5. The van der Waals surface area contributed by atoms with E-state index in [9.17, 15) is 19.8 Å². The highest BCUT2D eigenvalue weighted by Crippen LogP contribution is 2.19. The van der Waals surface area contributed by atoms with Crippen LogP contribution < -0.4 is 5.32 Å². The summed E-state index contributed by atoms with van der Waals surface area (Å²) < 4.78 is 5.47. The summed E-state index contributed by atoms with van der Waals surface area (Å²) in [4.78, 5) is 24.6. The molecular formula is C75H145NO5. The number of amides is 1. The molecule has 0 rings (SSSR count). The van der Waals surface area contributed by atoms with Gasteiger partial charge in [-0.25, -0.2) is 0 Å². The Hall–Kier alpha value is -1.66. The van der Waals surface area contributed by atoms with Gasteiger partial charge in [0, 0.05) is 12.8 Å². The first kappa shape index (κ1) is 79.3.